The van der Waals surface area contributed by atoms with Crippen LogP contribution in [0.3, 0.4) is 0 Å². The van der Waals surface area contributed by atoms with Gasteiger partial charge in [0, 0.05) is 31.9 Å². The number of anilines is 1. The fraction of sp³-hybridized carbons (Fsp3) is 0.308. The van der Waals surface area contributed by atoms with E-state index in [4.69, 9.17) is 4.42 Å². The largest absolute Gasteiger partial charge is 0.469 e. The van der Waals surface area contributed by atoms with Crippen LogP contribution in [0.1, 0.15) is 12.7 Å². The molecular weight excluding hydrogens is 278 g/mol. The highest BCUT2D eigenvalue weighted by Crippen LogP contribution is 2.19. The summed E-state index contributed by atoms with van der Waals surface area (Å²) >= 11 is 0. The van der Waals surface area contributed by atoms with Gasteiger partial charge in [0.1, 0.15) is 10.7 Å². The van der Waals surface area contributed by atoms with Gasteiger partial charge in [0.2, 0.25) is 10.0 Å². The number of rotatable bonds is 6. The van der Waals surface area contributed by atoms with Crippen LogP contribution in [0, 0.1) is 0 Å². The minimum Gasteiger partial charge on any atom is -0.469 e. The third-order valence-corrected chi connectivity index (χ3v) is 4.40. The van der Waals surface area contributed by atoms with E-state index in [1.807, 2.05) is 6.07 Å². The Morgan fingerprint density at radius 2 is 2.20 bits per heavy atom. The summed E-state index contributed by atoms with van der Waals surface area (Å²) in [7, 11) is -1.95. The highest BCUT2D eigenvalue weighted by atomic mass is 32.2. The SMILES string of the molecule is CNc1ccncc1S(=O)(=O)NC(C)Cc1ccco1. The molecule has 0 fully saturated rings. The van der Waals surface area contributed by atoms with Crippen molar-refractivity contribution in [1.29, 1.82) is 0 Å². The van der Waals surface area contributed by atoms with Gasteiger partial charge < -0.3 is 9.73 Å². The van der Waals surface area contributed by atoms with Gasteiger partial charge in [0.15, 0.2) is 0 Å². The van der Waals surface area contributed by atoms with E-state index in [-0.39, 0.29) is 10.9 Å². The lowest BCUT2D eigenvalue weighted by molar-refractivity contribution is 0.479. The smallest absolute Gasteiger partial charge is 0.244 e. The highest BCUT2D eigenvalue weighted by Gasteiger charge is 2.21. The summed E-state index contributed by atoms with van der Waals surface area (Å²) in [5, 5.41) is 2.84. The number of nitrogens with zero attached hydrogens (tertiary/aromatic N) is 1. The third kappa shape index (κ3) is 3.37. The molecule has 7 heteroatoms. The van der Waals surface area contributed by atoms with E-state index < -0.39 is 10.0 Å². The van der Waals surface area contributed by atoms with Crippen molar-refractivity contribution in [1.82, 2.24) is 9.71 Å². The summed E-state index contributed by atoms with van der Waals surface area (Å²) in [5.41, 5.74) is 0.512. The maximum atomic E-state index is 12.3. The van der Waals surface area contributed by atoms with E-state index in [9.17, 15) is 8.42 Å². The molecule has 2 rings (SSSR count). The van der Waals surface area contributed by atoms with Crippen LogP contribution in [0.5, 0.6) is 0 Å². The van der Waals surface area contributed by atoms with Gasteiger partial charge in [-0.05, 0) is 25.1 Å². The Labute approximate surface area is 118 Å². The average molecular weight is 295 g/mol. The molecule has 6 nitrogen and oxygen atoms in total. The molecule has 0 aromatic carbocycles. The van der Waals surface area contributed by atoms with E-state index in [0.29, 0.717) is 12.1 Å². The molecule has 1 unspecified atom stereocenters. The second-order valence-electron chi connectivity index (χ2n) is 4.43. The molecule has 2 N–H and O–H groups in total. The van der Waals surface area contributed by atoms with Gasteiger partial charge in [0.25, 0.3) is 0 Å². The zero-order chi connectivity index (χ0) is 14.6. The molecule has 2 aromatic rings. The van der Waals surface area contributed by atoms with Crippen molar-refractivity contribution in [2.75, 3.05) is 12.4 Å². The average Bonchev–Trinajstić information content (AvgIpc) is 2.90. The summed E-state index contributed by atoms with van der Waals surface area (Å²) < 4.78 is 32.5. The molecule has 0 aliphatic rings. The maximum Gasteiger partial charge on any atom is 0.244 e. The summed E-state index contributed by atoms with van der Waals surface area (Å²) in [6.07, 6.45) is 4.92. The third-order valence-electron chi connectivity index (χ3n) is 2.79. The zero-order valence-electron chi connectivity index (χ0n) is 11.3. The van der Waals surface area contributed by atoms with Gasteiger partial charge in [-0.3, -0.25) is 4.98 Å². The van der Waals surface area contributed by atoms with Crippen molar-refractivity contribution in [3.63, 3.8) is 0 Å². The predicted octanol–water partition coefficient (Wildman–Crippen LogP) is 1.63. The maximum absolute atomic E-state index is 12.3. The molecular formula is C13H17N3O3S. The molecule has 0 aliphatic carbocycles. The van der Waals surface area contributed by atoms with Crippen molar-refractivity contribution in [3.05, 3.63) is 42.6 Å². The van der Waals surface area contributed by atoms with Gasteiger partial charge in [-0.2, -0.15) is 0 Å². The fourth-order valence-electron chi connectivity index (χ4n) is 1.90. The molecule has 0 spiro atoms. The van der Waals surface area contributed by atoms with Crippen LogP contribution >= 0.6 is 0 Å². The second kappa shape index (κ2) is 6.06. The minimum atomic E-state index is -3.62. The van der Waals surface area contributed by atoms with Crippen LogP contribution in [0.2, 0.25) is 0 Å². The zero-order valence-corrected chi connectivity index (χ0v) is 12.1. The highest BCUT2D eigenvalue weighted by molar-refractivity contribution is 7.89. The van der Waals surface area contributed by atoms with Crippen LogP contribution in [-0.2, 0) is 16.4 Å². The molecule has 0 amide bonds. The van der Waals surface area contributed by atoms with Crippen LogP contribution in [-0.4, -0.2) is 26.5 Å². The van der Waals surface area contributed by atoms with E-state index in [1.54, 1.807) is 32.4 Å². The minimum absolute atomic E-state index is 0.133. The first-order valence-corrected chi connectivity index (χ1v) is 7.67. The normalized spacial score (nSPS) is 13.1. The van der Waals surface area contributed by atoms with Crippen molar-refractivity contribution in [3.8, 4) is 0 Å². The number of nitrogens with one attached hydrogen (secondary N) is 2. The summed E-state index contributed by atoms with van der Waals surface area (Å²) in [6, 6.07) is 4.92. The standard InChI is InChI=1S/C13H17N3O3S/c1-10(8-11-4-3-7-19-11)16-20(17,18)13-9-15-6-5-12(13)14-2/h3-7,9-10,16H,8H2,1-2H3,(H,14,15). The lowest BCUT2D eigenvalue weighted by Gasteiger charge is -2.15. The predicted molar refractivity (Wildman–Crippen MR) is 76.0 cm³/mol. The molecule has 20 heavy (non-hydrogen) atoms. The number of sulfonamides is 1. The Morgan fingerprint density at radius 1 is 1.40 bits per heavy atom. The molecule has 1 atom stereocenters. The van der Waals surface area contributed by atoms with Gasteiger partial charge in [0.05, 0.1) is 12.0 Å². The summed E-state index contributed by atoms with van der Waals surface area (Å²) in [6.45, 7) is 1.79. The van der Waals surface area contributed by atoms with Gasteiger partial charge in [-0.15, -0.1) is 0 Å². The van der Waals surface area contributed by atoms with Crippen molar-refractivity contribution >= 4 is 15.7 Å². The van der Waals surface area contributed by atoms with E-state index in [0.717, 1.165) is 5.76 Å². The molecule has 0 radical (unpaired) electrons. The molecule has 2 heterocycles. The van der Waals surface area contributed by atoms with E-state index in [2.05, 4.69) is 15.0 Å². The first-order valence-electron chi connectivity index (χ1n) is 6.19. The molecule has 0 bridgehead atoms. The summed E-state index contributed by atoms with van der Waals surface area (Å²) in [4.78, 5) is 4.00. The van der Waals surface area contributed by atoms with Gasteiger partial charge in [-0.25, -0.2) is 13.1 Å². The molecule has 0 saturated heterocycles. The number of pyridine rings is 1. The van der Waals surface area contributed by atoms with Crippen molar-refractivity contribution in [2.24, 2.45) is 0 Å². The van der Waals surface area contributed by atoms with Crippen LogP contribution < -0.4 is 10.0 Å². The fourth-order valence-corrected chi connectivity index (χ4v) is 3.30. The Kier molecular flexibility index (Phi) is 4.41. The lowest BCUT2D eigenvalue weighted by Crippen LogP contribution is -2.34. The van der Waals surface area contributed by atoms with E-state index >= 15 is 0 Å². The first kappa shape index (κ1) is 14.5. The summed E-state index contributed by atoms with van der Waals surface area (Å²) in [5.74, 6) is 0.736. The first-order chi connectivity index (χ1) is 9.53. The molecule has 0 aliphatic heterocycles. The Balaban J connectivity index is 2.14. The molecule has 2 aromatic heterocycles. The number of hydrogen-bond acceptors (Lipinski definition) is 5. The topological polar surface area (TPSA) is 84.2 Å². The van der Waals surface area contributed by atoms with Gasteiger partial charge >= 0.3 is 0 Å². The Morgan fingerprint density at radius 3 is 2.85 bits per heavy atom. The van der Waals surface area contributed by atoms with Crippen LogP contribution in [0.15, 0.2) is 46.2 Å². The monoisotopic (exact) mass is 295 g/mol. The van der Waals surface area contributed by atoms with Crippen LogP contribution in [0.4, 0.5) is 5.69 Å². The van der Waals surface area contributed by atoms with Crippen molar-refractivity contribution in [2.45, 2.75) is 24.3 Å². The number of aromatic nitrogens is 1. The van der Waals surface area contributed by atoms with Crippen LogP contribution in [0.25, 0.3) is 0 Å². The Hall–Kier alpha value is -1.86. The number of hydrogen-bond donors (Lipinski definition) is 2. The lowest BCUT2D eigenvalue weighted by atomic mass is 10.2. The van der Waals surface area contributed by atoms with Crippen molar-refractivity contribution < 1.29 is 12.8 Å². The molecule has 108 valence electrons. The van der Waals surface area contributed by atoms with E-state index in [1.165, 1.54) is 12.4 Å². The Bertz CT molecular complexity index is 653. The van der Waals surface area contributed by atoms with Gasteiger partial charge in [-0.1, -0.05) is 0 Å². The number of furan rings is 1. The molecule has 0 saturated carbocycles. The quantitative estimate of drug-likeness (QED) is 0.846. The second-order valence-corrected chi connectivity index (χ2v) is 6.11.